The Morgan fingerprint density at radius 1 is 1.20 bits per heavy atom. The summed E-state index contributed by atoms with van der Waals surface area (Å²) in [4.78, 5) is 37.2. The van der Waals surface area contributed by atoms with E-state index in [1.165, 1.54) is 30.6 Å². The highest BCUT2D eigenvalue weighted by Crippen LogP contribution is 2.19. The Kier molecular flexibility index (Phi) is 3.65. The predicted octanol–water partition coefficient (Wildman–Crippen LogP) is 1.63. The molecule has 0 fully saturated rings. The van der Waals surface area contributed by atoms with Crippen LogP contribution in [0, 0.1) is 6.92 Å². The van der Waals surface area contributed by atoms with Gasteiger partial charge < -0.3 is 15.4 Å². The molecule has 0 unspecified atom stereocenters. The number of amides is 1. The lowest BCUT2D eigenvalue weighted by Gasteiger charge is -2.10. The normalized spacial score (nSPS) is 10.1. The minimum absolute atomic E-state index is 0.0346. The van der Waals surface area contributed by atoms with E-state index in [1.807, 2.05) is 0 Å². The Labute approximate surface area is 114 Å². The molecule has 0 radical (unpaired) electrons. The van der Waals surface area contributed by atoms with E-state index in [0.29, 0.717) is 11.3 Å². The molecule has 6 nitrogen and oxygen atoms in total. The molecule has 0 bridgehead atoms. The first-order valence-electron chi connectivity index (χ1n) is 5.82. The standard InChI is InChI=1S/C14H12N2O4/c1-8-9(14(19)20)3-2-4-11(8)16-13(18)10-7-15-6-5-12(10)17/h2-7H,1H3,(H,15,17)(H,16,18)(H,19,20). The van der Waals surface area contributed by atoms with E-state index in [1.54, 1.807) is 13.0 Å². The number of carboxylic acids is 1. The fourth-order valence-corrected chi connectivity index (χ4v) is 1.79. The topological polar surface area (TPSA) is 99.3 Å². The Hall–Kier alpha value is -2.89. The first kappa shape index (κ1) is 13.5. The molecular weight excluding hydrogens is 260 g/mol. The highest BCUT2D eigenvalue weighted by atomic mass is 16.4. The van der Waals surface area contributed by atoms with Gasteiger partial charge in [0.2, 0.25) is 0 Å². The molecule has 1 heterocycles. The Balaban J connectivity index is 2.34. The molecule has 0 aliphatic carbocycles. The molecule has 2 aromatic rings. The first-order chi connectivity index (χ1) is 9.50. The summed E-state index contributed by atoms with van der Waals surface area (Å²) < 4.78 is 0. The summed E-state index contributed by atoms with van der Waals surface area (Å²) in [5, 5.41) is 11.6. The number of aromatic amines is 1. The third-order valence-corrected chi connectivity index (χ3v) is 2.88. The molecule has 20 heavy (non-hydrogen) atoms. The molecule has 1 aromatic heterocycles. The van der Waals surface area contributed by atoms with Crippen molar-refractivity contribution in [1.82, 2.24) is 4.98 Å². The zero-order valence-corrected chi connectivity index (χ0v) is 10.6. The number of benzene rings is 1. The molecule has 3 N–H and O–H groups in total. The molecule has 6 heteroatoms. The van der Waals surface area contributed by atoms with Gasteiger partial charge in [0, 0.05) is 24.1 Å². The summed E-state index contributed by atoms with van der Waals surface area (Å²) in [6.07, 6.45) is 2.73. The summed E-state index contributed by atoms with van der Waals surface area (Å²) in [6.45, 7) is 1.59. The van der Waals surface area contributed by atoms with E-state index >= 15 is 0 Å². The van der Waals surface area contributed by atoms with Crippen LogP contribution in [0.1, 0.15) is 26.3 Å². The van der Waals surface area contributed by atoms with Crippen LogP contribution in [0.4, 0.5) is 5.69 Å². The SMILES string of the molecule is Cc1c(NC(=O)c2c[nH]ccc2=O)cccc1C(=O)O. The number of hydrogen-bond donors (Lipinski definition) is 3. The number of H-pyrrole nitrogens is 1. The molecule has 0 aliphatic heterocycles. The maximum absolute atomic E-state index is 12.0. The van der Waals surface area contributed by atoms with Crippen LogP contribution in [0.25, 0.3) is 0 Å². The van der Waals surface area contributed by atoms with Crippen LogP contribution in [-0.4, -0.2) is 22.0 Å². The zero-order valence-electron chi connectivity index (χ0n) is 10.6. The number of carbonyl (C=O) groups is 2. The number of nitrogens with one attached hydrogen (secondary N) is 2. The molecule has 102 valence electrons. The quantitative estimate of drug-likeness (QED) is 0.790. The smallest absolute Gasteiger partial charge is 0.336 e. The maximum Gasteiger partial charge on any atom is 0.336 e. The second-order valence-electron chi connectivity index (χ2n) is 4.16. The van der Waals surface area contributed by atoms with Crippen LogP contribution in [0.3, 0.4) is 0 Å². The van der Waals surface area contributed by atoms with Crippen molar-refractivity contribution < 1.29 is 14.7 Å². The van der Waals surface area contributed by atoms with Gasteiger partial charge in [-0.05, 0) is 24.6 Å². The first-order valence-corrected chi connectivity index (χ1v) is 5.82. The van der Waals surface area contributed by atoms with Crippen molar-refractivity contribution in [2.24, 2.45) is 0 Å². The molecule has 0 saturated heterocycles. The largest absolute Gasteiger partial charge is 0.478 e. The molecule has 0 atom stereocenters. The summed E-state index contributed by atoms with van der Waals surface area (Å²) in [6, 6.07) is 5.80. The molecular formula is C14H12N2O4. The van der Waals surface area contributed by atoms with Crippen LogP contribution in [0.5, 0.6) is 0 Å². The Bertz CT molecular complexity index is 734. The summed E-state index contributed by atoms with van der Waals surface area (Å²) in [7, 11) is 0. The van der Waals surface area contributed by atoms with Crippen molar-refractivity contribution in [2.75, 3.05) is 5.32 Å². The van der Waals surface area contributed by atoms with E-state index < -0.39 is 17.3 Å². The number of anilines is 1. The van der Waals surface area contributed by atoms with Gasteiger partial charge in [-0.2, -0.15) is 0 Å². The van der Waals surface area contributed by atoms with Crippen molar-refractivity contribution in [3.63, 3.8) is 0 Å². The lowest BCUT2D eigenvalue weighted by Crippen LogP contribution is -2.21. The summed E-state index contributed by atoms with van der Waals surface area (Å²) >= 11 is 0. The van der Waals surface area contributed by atoms with Gasteiger partial charge in [-0.15, -0.1) is 0 Å². The molecule has 1 aromatic carbocycles. The van der Waals surface area contributed by atoms with Crippen LogP contribution in [0.2, 0.25) is 0 Å². The van der Waals surface area contributed by atoms with E-state index in [4.69, 9.17) is 5.11 Å². The summed E-state index contributed by atoms with van der Waals surface area (Å²) in [5.74, 6) is -1.66. The van der Waals surface area contributed by atoms with Gasteiger partial charge in [-0.25, -0.2) is 4.79 Å². The van der Waals surface area contributed by atoms with Crippen molar-refractivity contribution in [2.45, 2.75) is 6.92 Å². The van der Waals surface area contributed by atoms with E-state index in [2.05, 4.69) is 10.3 Å². The van der Waals surface area contributed by atoms with Crippen molar-refractivity contribution in [3.8, 4) is 0 Å². The van der Waals surface area contributed by atoms with E-state index in [9.17, 15) is 14.4 Å². The molecule has 1 amide bonds. The highest BCUT2D eigenvalue weighted by Gasteiger charge is 2.14. The minimum Gasteiger partial charge on any atom is -0.478 e. The fourth-order valence-electron chi connectivity index (χ4n) is 1.79. The van der Waals surface area contributed by atoms with Gasteiger partial charge in [0.15, 0.2) is 5.43 Å². The number of carbonyl (C=O) groups excluding carboxylic acids is 1. The number of aromatic carboxylic acids is 1. The second kappa shape index (κ2) is 5.40. The highest BCUT2D eigenvalue weighted by molar-refractivity contribution is 6.05. The van der Waals surface area contributed by atoms with Crippen molar-refractivity contribution >= 4 is 17.6 Å². The van der Waals surface area contributed by atoms with Crippen LogP contribution < -0.4 is 10.7 Å². The van der Waals surface area contributed by atoms with E-state index in [-0.39, 0.29) is 11.1 Å². The number of carboxylic acid groups (broad SMARTS) is 1. The molecule has 0 aliphatic rings. The average Bonchev–Trinajstić information content (AvgIpc) is 2.41. The van der Waals surface area contributed by atoms with Gasteiger partial charge in [-0.3, -0.25) is 9.59 Å². The minimum atomic E-state index is -1.07. The second-order valence-corrected chi connectivity index (χ2v) is 4.16. The number of aromatic nitrogens is 1. The third kappa shape index (κ3) is 2.59. The monoisotopic (exact) mass is 272 g/mol. The van der Waals surface area contributed by atoms with Gasteiger partial charge in [0.05, 0.1) is 5.56 Å². The van der Waals surface area contributed by atoms with Crippen molar-refractivity contribution in [1.29, 1.82) is 0 Å². The maximum atomic E-state index is 12.0. The third-order valence-electron chi connectivity index (χ3n) is 2.88. The van der Waals surface area contributed by atoms with Gasteiger partial charge >= 0.3 is 5.97 Å². The average molecular weight is 272 g/mol. The van der Waals surface area contributed by atoms with Gasteiger partial charge in [0.25, 0.3) is 5.91 Å². The molecule has 2 rings (SSSR count). The van der Waals surface area contributed by atoms with Crippen LogP contribution in [-0.2, 0) is 0 Å². The number of pyridine rings is 1. The van der Waals surface area contributed by atoms with Gasteiger partial charge in [0.1, 0.15) is 5.56 Å². The van der Waals surface area contributed by atoms with Crippen LogP contribution in [0.15, 0.2) is 41.5 Å². The Morgan fingerprint density at radius 2 is 1.95 bits per heavy atom. The van der Waals surface area contributed by atoms with Crippen molar-refractivity contribution in [3.05, 3.63) is 63.6 Å². The van der Waals surface area contributed by atoms with Gasteiger partial charge in [-0.1, -0.05) is 6.07 Å². The lowest BCUT2D eigenvalue weighted by molar-refractivity contribution is 0.0695. The fraction of sp³-hybridized carbons (Fsp3) is 0.0714. The summed E-state index contributed by atoms with van der Waals surface area (Å²) in [5.41, 5.74) is 0.449. The molecule has 0 saturated carbocycles. The Morgan fingerprint density at radius 3 is 2.60 bits per heavy atom. The van der Waals surface area contributed by atoms with Crippen LogP contribution >= 0.6 is 0 Å². The predicted molar refractivity (Wildman–Crippen MR) is 73.2 cm³/mol. The zero-order chi connectivity index (χ0) is 14.7. The number of hydrogen-bond acceptors (Lipinski definition) is 3. The van der Waals surface area contributed by atoms with E-state index in [0.717, 1.165) is 0 Å². The molecule has 0 spiro atoms. The number of rotatable bonds is 3. The lowest BCUT2D eigenvalue weighted by atomic mass is 10.1.